The first-order chi connectivity index (χ1) is 5.77. The fourth-order valence-electron chi connectivity index (χ4n) is 3.00. The molecule has 12 heavy (non-hydrogen) atoms. The van der Waals surface area contributed by atoms with Crippen LogP contribution in [0.2, 0.25) is 0 Å². The van der Waals surface area contributed by atoms with Crippen LogP contribution in [0.5, 0.6) is 0 Å². The molecule has 1 nitrogen and oxygen atoms in total. The Labute approximate surface area is 76.1 Å². The maximum atomic E-state index is 2.55. The van der Waals surface area contributed by atoms with Crippen molar-refractivity contribution in [3.63, 3.8) is 0 Å². The van der Waals surface area contributed by atoms with Crippen molar-refractivity contribution in [3.05, 3.63) is 0 Å². The molecule has 1 heterocycles. The van der Waals surface area contributed by atoms with Crippen LogP contribution in [0.25, 0.3) is 0 Å². The molecule has 0 spiro atoms. The molecular formula is C11H21N. The molecule has 1 aliphatic carbocycles. The summed E-state index contributed by atoms with van der Waals surface area (Å²) < 4.78 is 0. The van der Waals surface area contributed by atoms with Crippen molar-refractivity contribution in [2.45, 2.75) is 45.1 Å². The highest BCUT2D eigenvalue weighted by Crippen LogP contribution is 2.37. The van der Waals surface area contributed by atoms with Crippen LogP contribution in [-0.2, 0) is 0 Å². The summed E-state index contributed by atoms with van der Waals surface area (Å²) in [5, 5.41) is 0. The molecule has 1 aliphatic heterocycles. The first-order valence-corrected chi connectivity index (χ1v) is 5.47. The Hall–Kier alpha value is -0.0400. The highest BCUT2D eigenvalue weighted by atomic mass is 15.1. The quantitative estimate of drug-likeness (QED) is 0.536. The third kappa shape index (κ3) is 1.52. The number of nitrogens with zero attached hydrogens (tertiary/aromatic N) is 1. The second kappa shape index (κ2) is 3.37. The number of fused-ring (bicyclic) bond motifs is 1. The monoisotopic (exact) mass is 167 g/mol. The summed E-state index contributed by atoms with van der Waals surface area (Å²) in [7, 11) is 2.29. The third-order valence-corrected chi connectivity index (χ3v) is 3.99. The highest BCUT2D eigenvalue weighted by Gasteiger charge is 2.32. The van der Waals surface area contributed by atoms with Crippen LogP contribution in [0, 0.1) is 11.8 Å². The van der Waals surface area contributed by atoms with Crippen LogP contribution in [0.4, 0.5) is 0 Å². The van der Waals surface area contributed by atoms with E-state index in [9.17, 15) is 0 Å². The van der Waals surface area contributed by atoms with Crippen LogP contribution < -0.4 is 0 Å². The van der Waals surface area contributed by atoms with Crippen molar-refractivity contribution < 1.29 is 0 Å². The lowest BCUT2D eigenvalue weighted by molar-refractivity contribution is 0.0650. The van der Waals surface area contributed by atoms with Crippen LogP contribution in [0.15, 0.2) is 0 Å². The van der Waals surface area contributed by atoms with Gasteiger partial charge in [-0.2, -0.15) is 0 Å². The topological polar surface area (TPSA) is 3.24 Å². The largest absolute Gasteiger partial charge is 0.303 e. The highest BCUT2D eigenvalue weighted by molar-refractivity contribution is 4.85. The summed E-state index contributed by atoms with van der Waals surface area (Å²) in [4.78, 5) is 2.55. The normalized spacial score (nSPS) is 44.0. The summed E-state index contributed by atoms with van der Waals surface area (Å²) in [6.07, 6.45) is 7.47. The average molecular weight is 167 g/mol. The first-order valence-electron chi connectivity index (χ1n) is 5.47. The molecule has 0 radical (unpaired) electrons. The van der Waals surface area contributed by atoms with Gasteiger partial charge in [0.25, 0.3) is 0 Å². The Morgan fingerprint density at radius 1 is 1.08 bits per heavy atom. The van der Waals surface area contributed by atoms with Gasteiger partial charge in [0, 0.05) is 12.6 Å². The van der Waals surface area contributed by atoms with E-state index in [0.717, 1.165) is 17.9 Å². The van der Waals surface area contributed by atoms with Gasteiger partial charge < -0.3 is 4.90 Å². The van der Waals surface area contributed by atoms with E-state index in [2.05, 4.69) is 18.9 Å². The molecule has 3 atom stereocenters. The molecule has 0 aromatic heterocycles. The summed E-state index contributed by atoms with van der Waals surface area (Å²) in [5.74, 6) is 2.12. The van der Waals surface area contributed by atoms with Crippen molar-refractivity contribution in [3.8, 4) is 0 Å². The number of hydrogen-bond acceptors (Lipinski definition) is 1. The molecule has 1 heteroatoms. The molecule has 1 saturated heterocycles. The van der Waals surface area contributed by atoms with Gasteiger partial charge in [-0.3, -0.25) is 0 Å². The minimum absolute atomic E-state index is 0.837. The second-order valence-corrected chi connectivity index (χ2v) is 4.83. The van der Waals surface area contributed by atoms with Gasteiger partial charge in [-0.1, -0.05) is 19.3 Å². The molecule has 0 amide bonds. The standard InChI is InChI=1S/C11H21N/c1-9-7-10-5-3-4-6-11(10)8-12(9)2/h9-11H,3-8H2,1-2H3/t9-,10+,11-/m1/s1. The third-order valence-electron chi connectivity index (χ3n) is 3.99. The lowest BCUT2D eigenvalue weighted by atomic mass is 9.73. The minimum atomic E-state index is 0.837. The van der Waals surface area contributed by atoms with Crippen molar-refractivity contribution in [2.75, 3.05) is 13.6 Å². The van der Waals surface area contributed by atoms with E-state index in [1.807, 2.05) is 0 Å². The molecule has 0 bridgehead atoms. The zero-order chi connectivity index (χ0) is 8.55. The fraction of sp³-hybridized carbons (Fsp3) is 1.00. The van der Waals surface area contributed by atoms with E-state index in [-0.39, 0.29) is 0 Å². The molecule has 70 valence electrons. The fourth-order valence-corrected chi connectivity index (χ4v) is 3.00. The molecule has 2 aliphatic rings. The Balaban J connectivity index is 1.98. The van der Waals surface area contributed by atoms with E-state index in [0.29, 0.717) is 0 Å². The minimum Gasteiger partial charge on any atom is -0.303 e. The first kappa shape index (κ1) is 8.55. The molecular weight excluding hydrogens is 146 g/mol. The second-order valence-electron chi connectivity index (χ2n) is 4.83. The van der Waals surface area contributed by atoms with Crippen molar-refractivity contribution in [1.29, 1.82) is 0 Å². The molecule has 2 rings (SSSR count). The Kier molecular flexibility index (Phi) is 2.40. The Bertz CT molecular complexity index is 137. The van der Waals surface area contributed by atoms with Crippen LogP contribution in [0.1, 0.15) is 39.0 Å². The van der Waals surface area contributed by atoms with Gasteiger partial charge in [-0.05, 0) is 38.6 Å². The number of rotatable bonds is 0. The lowest BCUT2D eigenvalue weighted by Gasteiger charge is -2.43. The van der Waals surface area contributed by atoms with E-state index < -0.39 is 0 Å². The van der Waals surface area contributed by atoms with Crippen LogP contribution in [-0.4, -0.2) is 24.5 Å². The molecule has 0 aromatic carbocycles. The van der Waals surface area contributed by atoms with E-state index in [1.165, 1.54) is 38.6 Å². The number of piperidine rings is 1. The van der Waals surface area contributed by atoms with E-state index in [1.54, 1.807) is 0 Å². The van der Waals surface area contributed by atoms with Gasteiger partial charge in [0.1, 0.15) is 0 Å². The number of hydrogen-bond donors (Lipinski definition) is 0. The lowest BCUT2D eigenvalue weighted by Crippen LogP contribution is -2.44. The van der Waals surface area contributed by atoms with Gasteiger partial charge in [-0.25, -0.2) is 0 Å². The molecule has 0 aromatic rings. The smallest absolute Gasteiger partial charge is 0.00667 e. The van der Waals surface area contributed by atoms with Gasteiger partial charge in [0.05, 0.1) is 0 Å². The van der Waals surface area contributed by atoms with Crippen molar-refractivity contribution in [1.82, 2.24) is 4.90 Å². The summed E-state index contributed by atoms with van der Waals surface area (Å²) in [5.41, 5.74) is 0. The molecule has 0 unspecified atom stereocenters. The van der Waals surface area contributed by atoms with Crippen LogP contribution >= 0.6 is 0 Å². The Morgan fingerprint density at radius 2 is 1.75 bits per heavy atom. The number of likely N-dealkylation sites (tertiary alicyclic amines) is 1. The van der Waals surface area contributed by atoms with Gasteiger partial charge >= 0.3 is 0 Å². The van der Waals surface area contributed by atoms with Gasteiger partial charge in [0.2, 0.25) is 0 Å². The molecule has 1 saturated carbocycles. The zero-order valence-electron chi connectivity index (χ0n) is 8.42. The van der Waals surface area contributed by atoms with Crippen molar-refractivity contribution in [2.24, 2.45) is 11.8 Å². The zero-order valence-corrected chi connectivity index (χ0v) is 8.42. The predicted octanol–water partition coefficient (Wildman–Crippen LogP) is 2.52. The predicted molar refractivity (Wildman–Crippen MR) is 52.2 cm³/mol. The maximum absolute atomic E-state index is 2.55. The summed E-state index contributed by atoms with van der Waals surface area (Å²) >= 11 is 0. The summed E-state index contributed by atoms with van der Waals surface area (Å²) in [6.45, 7) is 3.75. The van der Waals surface area contributed by atoms with E-state index in [4.69, 9.17) is 0 Å². The summed E-state index contributed by atoms with van der Waals surface area (Å²) in [6, 6.07) is 0.837. The molecule has 0 N–H and O–H groups in total. The Morgan fingerprint density at radius 3 is 2.50 bits per heavy atom. The van der Waals surface area contributed by atoms with Gasteiger partial charge in [-0.15, -0.1) is 0 Å². The SMILES string of the molecule is C[C@@H]1C[C@@H]2CCCC[C@@H]2CN1C. The molecule has 2 fully saturated rings. The van der Waals surface area contributed by atoms with Gasteiger partial charge in [0.15, 0.2) is 0 Å². The van der Waals surface area contributed by atoms with E-state index >= 15 is 0 Å². The average Bonchev–Trinajstić information content (AvgIpc) is 2.07. The van der Waals surface area contributed by atoms with Crippen LogP contribution in [0.3, 0.4) is 0 Å². The maximum Gasteiger partial charge on any atom is 0.00667 e. The van der Waals surface area contributed by atoms with Crippen molar-refractivity contribution >= 4 is 0 Å².